The smallest absolute Gasteiger partial charge is 0.222 e. The second kappa shape index (κ2) is 12.0. The summed E-state index contributed by atoms with van der Waals surface area (Å²) in [4.78, 5) is 36.3. The number of hydrogen-bond donors (Lipinski definition) is 0. The monoisotopic (exact) mass is 545 g/mol. The van der Waals surface area contributed by atoms with Crippen molar-refractivity contribution in [3.63, 3.8) is 0 Å². The fourth-order valence-electron chi connectivity index (χ4n) is 4.59. The lowest BCUT2D eigenvalue weighted by atomic mass is 10.0. The third kappa shape index (κ3) is 6.68. The summed E-state index contributed by atoms with van der Waals surface area (Å²) in [6.07, 6.45) is 7.92. The Morgan fingerprint density at radius 3 is 2.56 bits per heavy atom. The summed E-state index contributed by atoms with van der Waals surface area (Å²) < 4.78 is 21.7. The number of ether oxygens (including phenoxy) is 1. The summed E-state index contributed by atoms with van der Waals surface area (Å²) in [6.45, 7) is 5.20. The SMILES string of the molecule is CCCN(Cc1ccc(-c2cc3nccc(Oc4ccc(CC(=O)CC5CC5)cc4F)c3s2)nc1)C(=O)CC. The number of rotatable bonds is 12. The van der Waals surface area contributed by atoms with Crippen LogP contribution in [0.3, 0.4) is 0 Å². The zero-order chi connectivity index (χ0) is 27.4. The molecule has 0 aliphatic heterocycles. The number of amides is 1. The number of pyridine rings is 2. The van der Waals surface area contributed by atoms with Gasteiger partial charge in [-0.25, -0.2) is 4.39 Å². The van der Waals surface area contributed by atoms with Crippen molar-refractivity contribution in [2.45, 2.75) is 58.9 Å². The Morgan fingerprint density at radius 2 is 1.87 bits per heavy atom. The second-order valence-electron chi connectivity index (χ2n) is 10.1. The molecule has 4 aromatic rings. The minimum absolute atomic E-state index is 0.108. The number of thiophene rings is 1. The molecule has 0 atom stereocenters. The molecule has 5 rings (SSSR count). The van der Waals surface area contributed by atoms with E-state index in [0.29, 0.717) is 36.6 Å². The van der Waals surface area contributed by atoms with Gasteiger partial charge in [-0.2, -0.15) is 0 Å². The molecule has 1 aliphatic rings. The Labute approximate surface area is 231 Å². The summed E-state index contributed by atoms with van der Waals surface area (Å²) in [5.41, 5.74) is 3.17. The molecule has 1 aromatic carbocycles. The van der Waals surface area contributed by atoms with E-state index >= 15 is 0 Å². The van der Waals surface area contributed by atoms with Crippen LogP contribution in [0.25, 0.3) is 20.8 Å². The van der Waals surface area contributed by atoms with Gasteiger partial charge in [-0.3, -0.25) is 19.6 Å². The predicted molar refractivity (Wildman–Crippen MR) is 151 cm³/mol. The van der Waals surface area contributed by atoms with Crippen molar-refractivity contribution in [1.82, 2.24) is 14.9 Å². The Morgan fingerprint density at radius 1 is 1.05 bits per heavy atom. The number of nitrogens with zero attached hydrogens (tertiary/aromatic N) is 3. The first-order valence-corrected chi connectivity index (χ1v) is 14.3. The Hall–Kier alpha value is -3.65. The van der Waals surface area contributed by atoms with Crippen molar-refractivity contribution < 1.29 is 18.7 Å². The highest BCUT2D eigenvalue weighted by Crippen LogP contribution is 2.39. The van der Waals surface area contributed by atoms with Gasteiger partial charge in [0, 0.05) is 50.8 Å². The fourth-order valence-corrected chi connectivity index (χ4v) is 5.63. The number of fused-ring (bicyclic) bond motifs is 1. The van der Waals surface area contributed by atoms with Crippen LogP contribution in [-0.4, -0.2) is 33.1 Å². The van der Waals surface area contributed by atoms with E-state index in [0.717, 1.165) is 52.2 Å². The molecule has 1 fully saturated rings. The lowest BCUT2D eigenvalue weighted by Crippen LogP contribution is -2.30. The van der Waals surface area contributed by atoms with E-state index < -0.39 is 5.82 Å². The third-order valence-electron chi connectivity index (χ3n) is 6.81. The van der Waals surface area contributed by atoms with Crippen LogP contribution in [-0.2, 0) is 22.6 Å². The molecule has 202 valence electrons. The van der Waals surface area contributed by atoms with Crippen LogP contribution in [0.15, 0.2) is 54.9 Å². The van der Waals surface area contributed by atoms with E-state index in [-0.39, 0.29) is 23.9 Å². The first-order valence-electron chi connectivity index (χ1n) is 13.5. The number of carbonyl (C=O) groups is 2. The normalized spacial score (nSPS) is 13.0. The molecule has 0 bridgehead atoms. The Balaban J connectivity index is 1.31. The molecule has 0 N–H and O–H groups in total. The molecule has 1 saturated carbocycles. The number of aromatic nitrogens is 2. The van der Waals surface area contributed by atoms with Gasteiger partial charge in [0.25, 0.3) is 0 Å². The fraction of sp³-hybridized carbons (Fsp3) is 0.355. The number of carbonyl (C=O) groups excluding carboxylic acids is 2. The largest absolute Gasteiger partial charge is 0.453 e. The van der Waals surface area contributed by atoms with Gasteiger partial charge in [-0.15, -0.1) is 11.3 Å². The van der Waals surface area contributed by atoms with Crippen LogP contribution in [0.4, 0.5) is 4.39 Å². The molecular formula is C31H32FN3O3S. The number of ketones is 1. The van der Waals surface area contributed by atoms with Crippen molar-refractivity contribution >= 4 is 33.2 Å². The molecule has 0 saturated heterocycles. The molecule has 3 heterocycles. The molecule has 0 unspecified atom stereocenters. The molecule has 0 spiro atoms. The van der Waals surface area contributed by atoms with E-state index in [1.165, 1.54) is 17.4 Å². The summed E-state index contributed by atoms with van der Waals surface area (Å²) in [5, 5.41) is 0. The van der Waals surface area contributed by atoms with Crippen molar-refractivity contribution in [1.29, 1.82) is 0 Å². The molecule has 6 nitrogen and oxygen atoms in total. The third-order valence-corrected chi connectivity index (χ3v) is 7.97. The average molecular weight is 546 g/mol. The minimum Gasteiger partial charge on any atom is -0.453 e. The maximum absolute atomic E-state index is 14.9. The summed E-state index contributed by atoms with van der Waals surface area (Å²) in [6, 6.07) is 12.3. The van der Waals surface area contributed by atoms with Gasteiger partial charge in [0.2, 0.25) is 5.91 Å². The van der Waals surface area contributed by atoms with Crippen LogP contribution in [0, 0.1) is 11.7 Å². The van der Waals surface area contributed by atoms with E-state index in [2.05, 4.69) is 16.9 Å². The highest BCUT2D eigenvalue weighted by molar-refractivity contribution is 7.22. The lowest BCUT2D eigenvalue weighted by Gasteiger charge is -2.21. The predicted octanol–water partition coefficient (Wildman–Crippen LogP) is 7.35. The van der Waals surface area contributed by atoms with Gasteiger partial charge in [0.15, 0.2) is 11.6 Å². The highest BCUT2D eigenvalue weighted by Gasteiger charge is 2.24. The zero-order valence-corrected chi connectivity index (χ0v) is 23.1. The lowest BCUT2D eigenvalue weighted by molar-refractivity contribution is -0.131. The number of Topliss-reactive ketones (excluding diaryl/α,β-unsaturated/α-hetero) is 1. The maximum atomic E-state index is 14.9. The zero-order valence-electron chi connectivity index (χ0n) is 22.3. The van der Waals surface area contributed by atoms with E-state index in [1.807, 2.05) is 36.2 Å². The van der Waals surface area contributed by atoms with Gasteiger partial charge < -0.3 is 9.64 Å². The van der Waals surface area contributed by atoms with Crippen LogP contribution in [0.5, 0.6) is 11.5 Å². The van der Waals surface area contributed by atoms with Crippen molar-refractivity contribution in [3.8, 4) is 22.1 Å². The van der Waals surface area contributed by atoms with Gasteiger partial charge in [-0.1, -0.05) is 26.0 Å². The van der Waals surface area contributed by atoms with E-state index in [1.54, 1.807) is 24.4 Å². The summed E-state index contributed by atoms with van der Waals surface area (Å²) >= 11 is 1.48. The van der Waals surface area contributed by atoms with Crippen LogP contribution >= 0.6 is 11.3 Å². The van der Waals surface area contributed by atoms with Gasteiger partial charge in [0.05, 0.1) is 20.8 Å². The van der Waals surface area contributed by atoms with Crippen LogP contribution in [0.1, 0.15) is 57.1 Å². The number of halogens is 1. The summed E-state index contributed by atoms with van der Waals surface area (Å²) in [7, 11) is 0. The molecule has 39 heavy (non-hydrogen) atoms. The van der Waals surface area contributed by atoms with E-state index in [9.17, 15) is 14.0 Å². The second-order valence-corrected chi connectivity index (χ2v) is 11.1. The standard InChI is InChI=1S/C31H32FN3O3S/c1-3-13-35(30(37)4-2)19-22-7-9-25(34-18-22)29-17-26-31(39-29)28(11-12-33-26)38-27-10-8-21(16-24(27)32)15-23(36)14-20-5-6-20/h7-12,16-18,20H,3-6,13-15,19H2,1-2H3. The molecule has 8 heteroatoms. The quantitative estimate of drug-likeness (QED) is 0.186. The average Bonchev–Trinajstić information content (AvgIpc) is 3.63. The molecule has 1 amide bonds. The minimum atomic E-state index is -0.496. The van der Waals surface area contributed by atoms with Gasteiger partial charge in [0.1, 0.15) is 11.5 Å². The Bertz CT molecular complexity index is 1480. The van der Waals surface area contributed by atoms with E-state index in [4.69, 9.17) is 4.74 Å². The summed E-state index contributed by atoms with van der Waals surface area (Å²) in [5.74, 6) is 0.938. The maximum Gasteiger partial charge on any atom is 0.222 e. The molecule has 1 aliphatic carbocycles. The van der Waals surface area contributed by atoms with Crippen LogP contribution in [0.2, 0.25) is 0 Å². The topological polar surface area (TPSA) is 72.4 Å². The van der Waals surface area contributed by atoms with Gasteiger partial charge >= 0.3 is 0 Å². The molecule has 3 aromatic heterocycles. The molecule has 0 radical (unpaired) electrons. The van der Waals surface area contributed by atoms with Crippen LogP contribution < -0.4 is 4.74 Å². The first-order chi connectivity index (χ1) is 18.9. The number of benzene rings is 1. The van der Waals surface area contributed by atoms with Crippen molar-refractivity contribution in [2.24, 2.45) is 5.92 Å². The first kappa shape index (κ1) is 26.9. The number of hydrogen-bond acceptors (Lipinski definition) is 6. The van der Waals surface area contributed by atoms with Gasteiger partial charge in [-0.05, 0) is 60.6 Å². The van der Waals surface area contributed by atoms with Crippen molar-refractivity contribution in [3.05, 3.63) is 71.8 Å². The van der Waals surface area contributed by atoms with Crippen molar-refractivity contribution in [2.75, 3.05) is 6.54 Å². The Kier molecular flexibility index (Phi) is 8.31. The molecular weight excluding hydrogens is 513 g/mol. The highest BCUT2D eigenvalue weighted by atomic mass is 32.1.